The first-order valence-corrected chi connectivity index (χ1v) is 8.53. The summed E-state index contributed by atoms with van der Waals surface area (Å²) < 4.78 is 41.4. The molecule has 140 valence electrons. The second kappa shape index (κ2) is 9.08. The van der Waals surface area contributed by atoms with E-state index in [1.54, 1.807) is 0 Å². The molecule has 0 saturated heterocycles. The molecule has 0 aromatic heterocycles. The maximum absolute atomic E-state index is 12.1. The summed E-state index contributed by atoms with van der Waals surface area (Å²) in [6.45, 7) is 0.362. The van der Waals surface area contributed by atoms with Crippen LogP contribution in [0.2, 0.25) is 0 Å². The molecule has 0 radical (unpaired) electrons. The smallest absolute Gasteiger partial charge is 0.407 e. The zero-order valence-corrected chi connectivity index (χ0v) is 14.0. The summed E-state index contributed by atoms with van der Waals surface area (Å²) in [4.78, 5) is 13.1. The summed E-state index contributed by atoms with van der Waals surface area (Å²) in [6, 6.07) is 9.39. The van der Waals surface area contributed by atoms with Crippen molar-refractivity contribution in [2.24, 2.45) is 5.92 Å². The van der Waals surface area contributed by atoms with Gasteiger partial charge in [-0.25, -0.2) is 4.79 Å². The maximum Gasteiger partial charge on any atom is 0.407 e. The van der Waals surface area contributed by atoms with Gasteiger partial charge in [-0.3, -0.25) is 0 Å². The summed E-state index contributed by atoms with van der Waals surface area (Å²) in [5.41, 5.74) is 0.947. The zero-order chi connectivity index (χ0) is 18.3. The average Bonchev–Trinajstić information content (AvgIpc) is 2.57. The van der Waals surface area contributed by atoms with Gasteiger partial charge in [0.1, 0.15) is 0 Å². The van der Waals surface area contributed by atoms with E-state index in [4.69, 9.17) is 4.74 Å². The minimum Gasteiger partial charge on any atom is -0.465 e. The molecule has 1 N–H and O–H groups in total. The van der Waals surface area contributed by atoms with Gasteiger partial charge in [-0.2, -0.15) is 13.2 Å². The fourth-order valence-corrected chi connectivity index (χ4v) is 3.19. The highest BCUT2D eigenvalue weighted by Gasteiger charge is 2.30. The number of hydrogen-bond acceptors (Lipinski definition) is 2. The van der Waals surface area contributed by atoms with Gasteiger partial charge < -0.3 is 14.7 Å². The lowest BCUT2D eigenvalue weighted by Crippen LogP contribution is -2.41. The van der Waals surface area contributed by atoms with E-state index in [2.05, 4.69) is 0 Å². The summed E-state index contributed by atoms with van der Waals surface area (Å²) in [5, 5.41) is 9.50. The van der Waals surface area contributed by atoms with E-state index in [1.807, 2.05) is 30.3 Å². The zero-order valence-electron chi connectivity index (χ0n) is 14.0. The van der Waals surface area contributed by atoms with E-state index in [0.717, 1.165) is 18.4 Å². The van der Waals surface area contributed by atoms with Crippen LogP contribution in [-0.4, -0.2) is 41.5 Å². The quantitative estimate of drug-likeness (QED) is 0.718. The average molecular weight is 359 g/mol. The van der Waals surface area contributed by atoms with E-state index in [9.17, 15) is 23.1 Å². The first kappa shape index (κ1) is 19.6. The molecular weight excluding hydrogens is 335 g/mol. The normalized spacial score (nSPS) is 21.1. The van der Waals surface area contributed by atoms with Gasteiger partial charge in [-0.15, -0.1) is 0 Å². The van der Waals surface area contributed by atoms with Gasteiger partial charge in [-0.05, 0) is 37.2 Å². The van der Waals surface area contributed by atoms with Gasteiger partial charge >= 0.3 is 12.3 Å². The van der Waals surface area contributed by atoms with Crippen molar-refractivity contribution in [3.63, 3.8) is 0 Å². The standard InChI is InChI=1S/C18H24F3NO3/c19-18(20,21)10-11-25-13-15-6-8-16(9-7-15)22(17(23)24)12-14-4-2-1-3-5-14/h1-5,15-16H,6-13H2,(H,23,24). The molecule has 0 heterocycles. The number of amides is 1. The van der Waals surface area contributed by atoms with Gasteiger partial charge in [0.2, 0.25) is 0 Å². The SMILES string of the molecule is O=C(O)N(Cc1ccccc1)C1CCC(COCCC(F)(F)F)CC1. The van der Waals surface area contributed by atoms with Crippen molar-refractivity contribution in [2.45, 2.75) is 50.9 Å². The molecule has 0 atom stereocenters. The Morgan fingerprint density at radius 2 is 1.80 bits per heavy atom. The molecule has 0 spiro atoms. The molecule has 1 saturated carbocycles. The lowest BCUT2D eigenvalue weighted by Gasteiger charge is -2.35. The number of rotatable bonds is 7. The minimum absolute atomic E-state index is 0.0517. The molecule has 25 heavy (non-hydrogen) atoms. The number of carboxylic acid groups (broad SMARTS) is 1. The number of carbonyl (C=O) groups is 1. The van der Waals surface area contributed by atoms with Gasteiger partial charge in [0.05, 0.1) is 13.0 Å². The van der Waals surface area contributed by atoms with Crippen molar-refractivity contribution < 1.29 is 27.8 Å². The molecule has 1 aromatic carbocycles. The molecule has 0 unspecified atom stereocenters. The Kier molecular flexibility index (Phi) is 7.11. The number of halogens is 3. The molecule has 1 aliphatic rings. The van der Waals surface area contributed by atoms with Crippen LogP contribution in [0.25, 0.3) is 0 Å². The van der Waals surface area contributed by atoms with Crippen molar-refractivity contribution in [1.82, 2.24) is 4.90 Å². The van der Waals surface area contributed by atoms with Crippen LogP contribution >= 0.6 is 0 Å². The number of benzene rings is 1. The van der Waals surface area contributed by atoms with Crippen LogP contribution in [0.15, 0.2) is 30.3 Å². The van der Waals surface area contributed by atoms with Crippen LogP contribution in [0.5, 0.6) is 0 Å². The molecule has 4 nitrogen and oxygen atoms in total. The van der Waals surface area contributed by atoms with Crippen molar-refractivity contribution in [3.05, 3.63) is 35.9 Å². The number of hydrogen-bond donors (Lipinski definition) is 1. The molecule has 7 heteroatoms. The summed E-state index contributed by atoms with van der Waals surface area (Å²) >= 11 is 0. The molecular formula is C18H24F3NO3. The van der Waals surface area contributed by atoms with Crippen molar-refractivity contribution in [2.75, 3.05) is 13.2 Å². The third-order valence-corrected chi connectivity index (χ3v) is 4.58. The van der Waals surface area contributed by atoms with Crippen molar-refractivity contribution in [1.29, 1.82) is 0 Å². The highest BCUT2D eigenvalue weighted by Crippen LogP contribution is 2.29. The second-order valence-electron chi connectivity index (χ2n) is 6.51. The van der Waals surface area contributed by atoms with Gasteiger partial charge in [-0.1, -0.05) is 30.3 Å². The van der Waals surface area contributed by atoms with Crippen LogP contribution in [0.3, 0.4) is 0 Å². The molecule has 2 rings (SSSR count). The Labute approximate surface area is 145 Å². The number of ether oxygens (including phenoxy) is 1. The van der Waals surface area contributed by atoms with Gasteiger partial charge in [0.15, 0.2) is 0 Å². The molecule has 0 aliphatic heterocycles. The topological polar surface area (TPSA) is 49.8 Å². The minimum atomic E-state index is -4.18. The molecule has 1 aliphatic carbocycles. The fourth-order valence-electron chi connectivity index (χ4n) is 3.19. The largest absolute Gasteiger partial charge is 0.465 e. The van der Waals surface area contributed by atoms with E-state index in [-0.39, 0.29) is 18.6 Å². The fraction of sp³-hybridized carbons (Fsp3) is 0.611. The number of nitrogens with zero attached hydrogens (tertiary/aromatic N) is 1. The van der Waals surface area contributed by atoms with Crippen LogP contribution in [0, 0.1) is 5.92 Å². The first-order chi connectivity index (χ1) is 11.8. The highest BCUT2D eigenvalue weighted by atomic mass is 19.4. The monoisotopic (exact) mass is 359 g/mol. The Morgan fingerprint density at radius 1 is 1.16 bits per heavy atom. The maximum atomic E-state index is 12.1. The van der Waals surface area contributed by atoms with E-state index in [0.29, 0.717) is 26.0 Å². The summed E-state index contributed by atoms with van der Waals surface area (Å²) in [6.07, 6.45) is -3.07. The predicted octanol–water partition coefficient (Wildman–Crippen LogP) is 4.69. The lowest BCUT2D eigenvalue weighted by atomic mass is 9.85. The van der Waals surface area contributed by atoms with Gasteiger partial charge in [0.25, 0.3) is 0 Å². The second-order valence-corrected chi connectivity index (χ2v) is 6.51. The third-order valence-electron chi connectivity index (χ3n) is 4.58. The Hall–Kier alpha value is -1.76. The Bertz CT molecular complexity index is 528. The predicted molar refractivity (Wildman–Crippen MR) is 87.2 cm³/mol. The molecule has 0 bridgehead atoms. The first-order valence-electron chi connectivity index (χ1n) is 8.53. The summed E-state index contributed by atoms with van der Waals surface area (Å²) in [5.74, 6) is 0.205. The molecule has 1 aromatic rings. The summed E-state index contributed by atoms with van der Waals surface area (Å²) in [7, 11) is 0. The molecule has 1 amide bonds. The van der Waals surface area contributed by atoms with Crippen LogP contribution in [-0.2, 0) is 11.3 Å². The van der Waals surface area contributed by atoms with Crippen LogP contribution in [0.1, 0.15) is 37.7 Å². The van der Waals surface area contributed by atoms with Crippen molar-refractivity contribution in [3.8, 4) is 0 Å². The van der Waals surface area contributed by atoms with E-state index in [1.165, 1.54) is 4.90 Å². The van der Waals surface area contributed by atoms with E-state index < -0.39 is 18.7 Å². The van der Waals surface area contributed by atoms with Crippen LogP contribution in [0.4, 0.5) is 18.0 Å². The number of alkyl halides is 3. The van der Waals surface area contributed by atoms with E-state index >= 15 is 0 Å². The molecule has 1 fully saturated rings. The lowest BCUT2D eigenvalue weighted by molar-refractivity contribution is -0.146. The van der Waals surface area contributed by atoms with Crippen molar-refractivity contribution >= 4 is 6.09 Å². The highest BCUT2D eigenvalue weighted by molar-refractivity contribution is 5.65. The Balaban J connectivity index is 1.76. The third kappa shape index (κ3) is 6.94. The van der Waals surface area contributed by atoms with Gasteiger partial charge in [0, 0.05) is 19.2 Å². The van der Waals surface area contributed by atoms with Crippen LogP contribution < -0.4 is 0 Å². The Morgan fingerprint density at radius 3 is 2.36 bits per heavy atom.